The number of anilines is 1. The van der Waals surface area contributed by atoms with Gasteiger partial charge in [-0.3, -0.25) is 4.79 Å². The standard InChI is InChI=1S/C11H17N3O3/c1-16-4-5-17-8-11(15)14-10-3-2-9(6-12)7-13-10/h2-3,7H,4-6,8,12H2,1H3,(H,13,14,15). The van der Waals surface area contributed by atoms with Crippen LogP contribution in [0.3, 0.4) is 0 Å². The van der Waals surface area contributed by atoms with Crippen molar-refractivity contribution in [2.45, 2.75) is 6.54 Å². The first-order valence-corrected chi connectivity index (χ1v) is 5.27. The molecule has 0 bridgehead atoms. The Labute approximate surface area is 100 Å². The fraction of sp³-hybridized carbons (Fsp3) is 0.455. The van der Waals surface area contributed by atoms with Gasteiger partial charge in [0.25, 0.3) is 5.91 Å². The second-order valence-corrected chi connectivity index (χ2v) is 3.35. The molecule has 1 aromatic rings. The van der Waals surface area contributed by atoms with Crippen LogP contribution in [0, 0.1) is 0 Å². The molecule has 94 valence electrons. The van der Waals surface area contributed by atoms with Crippen molar-refractivity contribution in [1.82, 2.24) is 4.98 Å². The van der Waals surface area contributed by atoms with Crippen molar-refractivity contribution >= 4 is 11.7 Å². The summed E-state index contributed by atoms with van der Waals surface area (Å²) in [7, 11) is 1.58. The van der Waals surface area contributed by atoms with Gasteiger partial charge in [-0.2, -0.15) is 0 Å². The predicted molar refractivity (Wildman–Crippen MR) is 63.5 cm³/mol. The van der Waals surface area contributed by atoms with Gasteiger partial charge >= 0.3 is 0 Å². The van der Waals surface area contributed by atoms with Crippen molar-refractivity contribution in [1.29, 1.82) is 0 Å². The van der Waals surface area contributed by atoms with Crippen molar-refractivity contribution in [2.24, 2.45) is 5.73 Å². The fourth-order valence-electron chi connectivity index (χ4n) is 1.11. The van der Waals surface area contributed by atoms with E-state index in [1.807, 2.05) is 6.07 Å². The molecule has 0 aliphatic heterocycles. The minimum atomic E-state index is -0.242. The average molecular weight is 239 g/mol. The van der Waals surface area contributed by atoms with Crippen molar-refractivity contribution in [3.63, 3.8) is 0 Å². The van der Waals surface area contributed by atoms with Crippen LogP contribution >= 0.6 is 0 Å². The van der Waals surface area contributed by atoms with Crippen LogP contribution in [0.2, 0.25) is 0 Å². The van der Waals surface area contributed by atoms with Crippen LogP contribution in [0.15, 0.2) is 18.3 Å². The molecule has 1 aromatic heterocycles. The monoisotopic (exact) mass is 239 g/mol. The number of pyridine rings is 1. The van der Waals surface area contributed by atoms with Crippen molar-refractivity contribution < 1.29 is 14.3 Å². The minimum Gasteiger partial charge on any atom is -0.382 e. The molecule has 1 heterocycles. The molecule has 0 unspecified atom stereocenters. The van der Waals surface area contributed by atoms with Crippen LogP contribution in [0.5, 0.6) is 0 Å². The average Bonchev–Trinajstić information content (AvgIpc) is 2.36. The molecule has 6 nitrogen and oxygen atoms in total. The van der Waals surface area contributed by atoms with Crippen LogP contribution < -0.4 is 11.1 Å². The molecule has 0 atom stereocenters. The highest BCUT2D eigenvalue weighted by Crippen LogP contribution is 2.04. The predicted octanol–water partition coefficient (Wildman–Crippen LogP) is 0.142. The minimum absolute atomic E-state index is 0.0102. The lowest BCUT2D eigenvalue weighted by Gasteiger charge is -2.05. The van der Waals surface area contributed by atoms with E-state index in [0.717, 1.165) is 5.56 Å². The van der Waals surface area contributed by atoms with Gasteiger partial charge in [0.05, 0.1) is 13.2 Å². The van der Waals surface area contributed by atoms with Gasteiger partial charge in [0.2, 0.25) is 0 Å². The highest BCUT2D eigenvalue weighted by atomic mass is 16.5. The zero-order valence-electron chi connectivity index (χ0n) is 9.81. The number of rotatable bonds is 7. The topological polar surface area (TPSA) is 86.5 Å². The zero-order valence-corrected chi connectivity index (χ0v) is 9.81. The van der Waals surface area contributed by atoms with E-state index >= 15 is 0 Å². The summed E-state index contributed by atoms with van der Waals surface area (Å²) >= 11 is 0. The van der Waals surface area contributed by atoms with Crippen molar-refractivity contribution in [2.75, 3.05) is 32.2 Å². The molecule has 17 heavy (non-hydrogen) atoms. The highest BCUT2D eigenvalue weighted by Gasteiger charge is 2.03. The molecule has 6 heteroatoms. The maximum atomic E-state index is 11.4. The molecular weight excluding hydrogens is 222 g/mol. The van der Waals surface area contributed by atoms with Crippen molar-refractivity contribution in [3.05, 3.63) is 23.9 Å². The third-order valence-electron chi connectivity index (χ3n) is 1.99. The van der Waals surface area contributed by atoms with E-state index in [0.29, 0.717) is 25.6 Å². The Morgan fingerprint density at radius 3 is 2.88 bits per heavy atom. The molecule has 1 rings (SSSR count). The summed E-state index contributed by atoms with van der Waals surface area (Å²) in [6.07, 6.45) is 1.63. The molecule has 0 aromatic carbocycles. The quantitative estimate of drug-likeness (QED) is 0.661. The van der Waals surface area contributed by atoms with Crippen LogP contribution in [0.4, 0.5) is 5.82 Å². The summed E-state index contributed by atoms with van der Waals surface area (Å²) in [6.45, 7) is 1.28. The third-order valence-corrected chi connectivity index (χ3v) is 1.99. The second kappa shape index (κ2) is 7.72. The largest absolute Gasteiger partial charge is 0.382 e. The normalized spacial score (nSPS) is 10.2. The Kier molecular flexibility index (Phi) is 6.16. The fourth-order valence-corrected chi connectivity index (χ4v) is 1.11. The molecule has 1 amide bonds. The Hall–Kier alpha value is -1.50. The van der Waals surface area contributed by atoms with E-state index < -0.39 is 0 Å². The molecule has 0 saturated carbocycles. The van der Waals surface area contributed by atoms with Gasteiger partial charge in [-0.25, -0.2) is 4.98 Å². The summed E-state index contributed by atoms with van der Waals surface area (Å²) in [5.74, 6) is 0.247. The lowest BCUT2D eigenvalue weighted by atomic mass is 10.3. The first-order chi connectivity index (χ1) is 8.26. The number of ether oxygens (including phenoxy) is 2. The molecule has 0 spiro atoms. The number of nitrogens with one attached hydrogen (secondary N) is 1. The van der Waals surface area contributed by atoms with Crippen molar-refractivity contribution in [3.8, 4) is 0 Å². The van der Waals surface area contributed by atoms with Gasteiger partial charge in [-0.05, 0) is 11.6 Å². The first-order valence-electron chi connectivity index (χ1n) is 5.27. The number of nitrogens with zero attached hydrogens (tertiary/aromatic N) is 1. The third kappa shape index (κ3) is 5.39. The van der Waals surface area contributed by atoms with Crippen LogP contribution in [0.1, 0.15) is 5.56 Å². The zero-order chi connectivity index (χ0) is 12.5. The Bertz CT molecular complexity index is 340. The second-order valence-electron chi connectivity index (χ2n) is 3.35. The molecule has 0 aliphatic rings. The number of hydrogen-bond donors (Lipinski definition) is 2. The molecule has 0 radical (unpaired) electrons. The van der Waals surface area contributed by atoms with Crippen LogP contribution in [-0.4, -0.2) is 37.8 Å². The highest BCUT2D eigenvalue weighted by molar-refractivity contribution is 5.90. The number of hydrogen-bond acceptors (Lipinski definition) is 5. The smallest absolute Gasteiger partial charge is 0.251 e. The number of aromatic nitrogens is 1. The van der Waals surface area contributed by atoms with Gasteiger partial charge in [0.1, 0.15) is 12.4 Å². The van der Waals surface area contributed by atoms with Gasteiger partial charge in [0, 0.05) is 19.9 Å². The van der Waals surface area contributed by atoms with Crippen LogP contribution in [0.25, 0.3) is 0 Å². The van der Waals surface area contributed by atoms with Gasteiger partial charge < -0.3 is 20.5 Å². The maximum Gasteiger partial charge on any atom is 0.251 e. The summed E-state index contributed by atoms with van der Waals surface area (Å²) in [6, 6.07) is 3.52. The summed E-state index contributed by atoms with van der Waals surface area (Å²) in [4.78, 5) is 15.4. The van der Waals surface area contributed by atoms with Gasteiger partial charge in [0.15, 0.2) is 0 Å². The number of amides is 1. The number of carbonyl (C=O) groups is 1. The Balaban J connectivity index is 2.29. The maximum absolute atomic E-state index is 11.4. The summed E-state index contributed by atoms with van der Waals surface area (Å²) in [5.41, 5.74) is 6.35. The molecule has 0 aliphatic carbocycles. The molecule has 0 fully saturated rings. The lowest BCUT2D eigenvalue weighted by molar-refractivity contribution is -0.121. The summed E-state index contributed by atoms with van der Waals surface area (Å²) < 4.78 is 9.85. The van der Waals surface area contributed by atoms with Crippen LogP contribution in [-0.2, 0) is 20.8 Å². The van der Waals surface area contributed by atoms with E-state index in [4.69, 9.17) is 15.2 Å². The SMILES string of the molecule is COCCOCC(=O)Nc1ccc(CN)cn1. The van der Waals surface area contributed by atoms with E-state index in [-0.39, 0.29) is 12.5 Å². The summed E-state index contributed by atoms with van der Waals surface area (Å²) in [5, 5.41) is 2.61. The van der Waals surface area contributed by atoms with Gasteiger partial charge in [-0.15, -0.1) is 0 Å². The molecule has 0 saturated heterocycles. The lowest BCUT2D eigenvalue weighted by Crippen LogP contribution is -2.20. The number of nitrogens with two attached hydrogens (primary N) is 1. The van der Waals surface area contributed by atoms with E-state index in [2.05, 4.69) is 10.3 Å². The van der Waals surface area contributed by atoms with E-state index in [9.17, 15) is 4.79 Å². The Morgan fingerprint density at radius 2 is 2.29 bits per heavy atom. The molecule has 3 N–H and O–H groups in total. The Morgan fingerprint density at radius 1 is 1.47 bits per heavy atom. The van der Waals surface area contributed by atoms with E-state index in [1.54, 1.807) is 19.4 Å². The van der Waals surface area contributed by atoms with Gasteiger partial charge in [-0.1, -0.05) is 6.07 Å². The number of carbonyl (C=O) groups excluding carboxylic acids is 1. The molecular formula is C11H17N3O3. The first kappa shape index (κ1) is 13.6. The number of methoxy groups -OCH3 is 1. The van der Waals surface area contributed by atoms with E-state index in [1.165, 1.54) is 0 Å².